The van der Waals surface area contributed by atoms with Crippen LogP contribution in [0.25, 0.3) is 22.4 Å². The molecule has 0 saturated heterocycles. The second-order valence-electron chi connectivity index (χ2n) is 7.08. The number of fused-ring (bicyclic) bond motifs is 1. The molecule has 0 aliphatic rings. The summed E-state index contributed by atoms with van der Waals surface area (Å²) in [6.07, 6.45) is 1.44. The SMILES string of the molecule is Cc1nc(-c2ccc3c(c2)n(CC(=O)Nc2ccc(Cl)cn2)c(=O)n3C(C)C)no1. The molecule has 0 bridgehead atoms. The van der Waals surface area contributed by atoms with Crippen LogP contribution in [0.4, 0.5) is 5.82 Å². The molecule has 3 heterocycles. The molecule has 4 rings (SSSR count). The van der Waals surface area contributed by atoms with Gasteiger partial charge in [-0.15, -0.1) is 0 Å². The van der Waals surface area contributed by atoms with E-state index in [4.69, 9.17) is 16.1 Å². The molecule has 0 atom stereocenters. The quantitative estimate of drug-likeness (QED) is 0.523. The molecule has 4 aromatic rings. The minimum atomic E-state index is -0.379. The molecule has 0 aliphatic heterocycles. The van der Waals surface area contributed by atoms with Gasteiger partial charge in [-0.3, -0.25) is 13.9 Å². The van der Waals surface area contributed by atoms with Crippen molar-refractivity contribution in [1.29, 1.82) is 0 Å². The fourth-order valence-corrected chi connectivity index (χ4v) is 3.37. The molecule has 30 heavy (non-hydrogen) atoms. The predicted molar refractivity (Wildman–Crippen MR) is 112 cm³/mol. The van der Waals surface area contributed by atoms with Gasteiger partial charge in [0.15, 0.2) is 0 Å². The van der Waals surface area contributed by atoms with Crippen molar-refractivity contribution in [3.05, 3.63) is 57.9 Å². The number of imidazole rings is 1. The normalized spacial score (nSPS) is 11.4. The molecule has 1 N–H and O–H groups in total. The first-order valence-corrected chi connectivity index (χ1v) is 9.68. The Balaban J connectivity index is 1.75. The van der Waals surface area contributed by atoms with Crippen LogP contribution in [-0.4, -0.2) is 30.2 Å². The fourth-order valence-electron chi connectivity index (χ4n) is 3.26. The average molecular weight is 427 g/mol. The van der Waals surface area contributed by atoms with E-state index in [0.717, 1.165) is 5.52 Å². The van der Waals surface area contributed by atoms with Crippen LogP contribution < -0.4 is 11.0 Å². The number of aromatic nitrogens is 5. The van der Waals surface area contributed by atoms with Crippen LogP contribution in [0.5, 0.6) is 0 Å². The molecule has 1 amide bonds. The molecule has 0 radical (unpaired) electrons. The molecule has 3 aromatic heterocycles. The van der Waals surface area contributed by atoms with Crippen molar-refractivity contribution in [2.45, 2.75) is 33.4 Å². The summed E-state index contributed by atoms with van der Waals surface area (Å²) in [5, 5.41) is 7.08. The highest BCUT2D eigenvalue weighted by Crippen LogP contribution is 2.24. The maximum atomic E-state index is 13.1. The second kappa shape index (κ2) is 7.75. The van der Waals surface area contributed by atoms with E-state index in [-0.39, 0.29) is 24.2 Å². The van der Waals surface area contributed by atoms with Gasteiger partial charge in [0.2, 0.25) is 17.6 Å². The molecule has 10 heteroatoms. The topological polar surface area (TPSA) is 108 Å². The number of nitrogens with one attached hydrogen (secondary N) is 1. The first-order valence-electron chi connectivity index (χ1n) is 9.30. The molecule has 1 aromatic carbocycles. The monoisotopic (exact) mass is 426 g/mol. The van der Waals surface area contributed by atoms with E-state index >= 15 is 0 Å². The number of halogens is 1. The summed E-state index contributed by atoms with van der Waals surface area (Å²) in [6, 6.07) is 8.57. The number of anilines is 1. The zero-order valence-corrected chi connectivity index (χ0v) is 17.3. The molecule has 154 valence electrons. The molecule has 0 fully saturated rings. The van der Waals surface area contributed by atoms with Crippen molar-refractivity contribution in [3.63, 3.8) is 0 Å². The maximum absolute atomic E-state index is 13.1. The number of amides is 1. The lowest BCUT2D eigenvalue weighted by atomic mass is 10.2. The Morgan fingerprint density at radius 2 is 2.03 bits per heavy atom. The third kappa shape index (κ3) is 3.71. The number of pyridine rings is 1. The lowest BCUT2D eigenvalue weighted by Gasteiger charge is -2.06. The van der Waals surface area contributed by atoms with Crippen molar-refractivity contribution in [2.75, 3.05) is 5.32 Å². The van der Waals surface area contributed by atoms with Gasteiger partial charge in [-0.1, -0.05) is 16.8 Å². The third-order valence-corrected chi connectivity index (χ3v) is 4.79. The average Bonchev–Trinajstić information content (AvgIpc) is 3.25. The standard InChI is InChI=1S/C20H19ClN6O3/c1-11(2)27-15-6-4-13(19-23-12(3)30-25-19)8-16(15)26(20(27)29)10-18(28)24-17-7-5-14(21)9-22-17/h4-9,11H,10H2,1-3H3,(H,22,24,28). The Morgan fingerprint density at radius 1 is 1.23 bits per heavy atom. The molecule has 9 nitrogen and oxygen atoms in total. The number of carbonyl (C=O) groups excluding carboxylic acids is 1. The maximum Gasteiger partial charge on any atom is 0.329 e. The molecule has 0 spiro atoms. The van der Waals surface area contributed by atoms with Crippen molar-refractivity contribution < 1.29 is 9.32 Å². The van der Waals surface area contributed by atoms with Gasteiger partial charge in [0.05, 0.1) is 16.1 Å². The van der Waals surface area contributed by atoms with Gasteiger partial charge in [-0.05, 0) is 44.2 Å². The molecule has 0 saturated carbocycles. The molecular formula is C20H19ClN6O3. The number of aryl methyl sites for hydroxylation is 1. The summed E-state index contributed by atoms with van der Waals surface area (Å²) in [6.45, 7) is 5.36. The van der Waals surface area contributed by atoms with Crippen molar-refractivity contribution >= 4 is 34.4 Å². The largest absolute Gasteiger partial charge is 0.339 e. The van der Waals surface area contributed by atoms with Gasteiger partial charge in [0, 0.05) is 24.7 Å². The second-order valence-corrected chi connectivity index (χ2v) is 7.52. The van der Waals surface area contributed by atoms with Crippen LogP contribution in [0.15, 0.2) is 45.8 Å². The fraction of sp³-hybridized carbons (Fsp3) is 0.250. The van der Waals surface area contributed by atoms with Gasteiger partial charge in [-0.2, -0.15) is 4.98 Å². The Kier molecular flexibility index (Phi) is 5.13. The Morgan fingerprint density at radius 3 is 2.67 bits per heavy atom. The summed E-state index contributed by atoms with van der Waals surface area (Å²) >= 11 is 5.82. The Bertz CT molecular complexity index is 1290. The first kappa shape index (κ1) is 19.8. The van der Waals surface area contributed by atoms with E-state index in [1.165, 1.54) is 10.8 Å². The number of hydrogen-bond acceptors (Lipinski definition) is 6. The van der Waals surface area contributed by atoms with Gasteiger partial charge < -0.3 is 9.84 Å². The molecular weight excluding hydrogens is 408 g/mol. The molecule has 0 aliphatic carbocycles. The summed E-state index contributed by atoms with van der Waals surface area (Å²) in [5.74, 6) is 0.834. The minimum Gasteiger partial charge on any atom is -0.339 e. The van der Waals surface area contributed by atoms with E-state index in [0.29, 0.717) is 33.6 Å². The van der Waals surface area contributed by atoms with Gasteiger partial charge in [0.1, 0.15) is 12.4 Å². The summed E-state index contributed by atoms with van der Waals surface area (Å²) in [7, 11) is 0. The van der Waals surface area contributed by atoms with Crippen LogP contribution in [-0.2, 0) is 11.3 Å². The first-order chi connectivity index (χ1) is 14.3. The van der Waals surface area contributed by atoms with Crippen LogP contribution >= 0.6 is 11.6 Å². The van der Waals surface area contributed by atoms with Crippen LogP contribution in [0.2, 0.25) is 5.02 Å². The Labute approximate surface area is 176 Å². The number of nitrogens with zero attached hydrogens (tertiary/aromatic N) is 5. The van der Waals surface area contributed by atoms with Gasteiger partial charge in [-0.25, -0.2) is 9.78 Å². The van der Waals surface area contributed by atoms with Crippen LogP contribution in [0.1, 0.15) is 25.8 Å². The lowest BCUT2D eigenvalue weighted by Crippen LogP contribution is -2.30. The van der Waals surface area contributed by atoms with E-state index in [9.17, 15) is 9.59 Å². The smallest absolute Gasteiger partial charge is 0.329 e. The summed E-state index contributed by atoms with van der Waals surface area (Å²) in [4.78, 5) is 34.0. The summed E-state index contributed by atoms with van der Waals surface area (Å²) < 4.78 is 8.13. The lowest BCUT2D eigenvalue weighted by molar-refractivity contribution is -0.116. The van der Waals surface area contributed by atoms with Crippen molar-refractivity contribution in [3.8, 4) is 11.4 Å². The predicted octanol–water partition coefficient (Wildman–Crippen LogP) is 3.43. The van der Waals surface area contributed by atoms with E-state index in [1.54, 1.807) is 29.7 Å². The van der Waals surface area contributed by atoms with E-state index in [2.05, 4.69) is 20.4 Å². The van der Waals surface area contributed by atoms with E-state index < -0.39 is 0 Å². The zero-order chi connectivity index (χ0) is 21.4. The highest BCUT2D eigenvalue weighted by molar-refractivity contribution is 6.30. The van der Waals surface area contributed by atoms with Crippen molar-refractivity contribution in [1.82, 2.24) is 24.3 Å². The highest BCUT2D eigenvalue weighted by Gasteiger charge is 2.19. The van der Waals surface area contributed by atoms with E-state index in [1.807, 2.05) is 26.0 Å². The number of rotatable bonds is 5. The Hall–Kier alpha value is -3.46. The van der Waals surface area contributed by atoms with Gasteiger partial charge >= 0.3 is 5.69 Å². The number of hydrogen-bond donors (Lipinski definition) is 1. The minimum absolute atomic E-state index is 0.0829. The van der Waals surface area contributed by atoms with Crippen LogP contribution in [0.3, 0.4) is 0 Å². The number of carbonyl (C=O) groups is 1. The van der Waals surface area contributed by atoms with Gasteiger partial charge in [0.25, 0.3) is 0 Å². The third-order valence-electron chi connectivity index (χ3n) is 4.56. The highest BCUT2D eigenvalue weighted by atomic mass is 35.5. The number of benzene rings is 1. The molecule has 0 unspecified atom stereocenters. The van der Waals surface area contributed by atoms with Crippen LogP contribution in [0, 0.1) is 6.92 Å². The summed E-state index contributed by atoms with van der Waals surface area (Å²) in [5.41, 5.74) is 1.73. The zero-order valence-electron chi connectivity index (χ0n) is 16.6. The van der Waals surface area contributed by atoms with Crippen molar-refractivity contribution in [2.24, 2.45) is 0 Å².